The van der Waals surface area contributed by atoms with Gasteiger partial charge in [0.05, 0.1) is 0 Å². The lowest BCUT2D eigenvalue weighted by Gasteiger charge is -2.08. The van der Waals surface area contributed by atoms with Crippen molar-refractivity contribution in [1.29, 1.82) is 0 Å². The maximum absolute atomic E-state index is 2.45. The topological polar surface area (TPSA) is 4.93 Å². The molecular formula is C15H28ClN. The van der Waals surface area contributed by atoms with Crippen LogP contribution in [0.25, 0.3) is 0 Å². The fraction of sp³-hybridized carbons (Fsp3) is 0.733. The van der Waals surface area contributed by atoms with Crippen LogP contribution in [0.5, 0.6) is 0 Å². The van der Waals surface area contributed by atoms with Gasteiger partial charge in [-0.3, -0.25) is 0 Å². The summed E-state index contributed by atoms with van der Waals surface area (Å²) in [7, 11) is 0. The standard InChI is InChI=1S/C15H27N.ClH/c1-3-5-7-8-9-13-16-14-10-12-15(16)11-6-4-2;/h10,12,14H,3-9,11,13H2,1-2H3;1H. The van der Waals surface area contributed by atoms with Crippen molar-refractivity contribution in [2.24, 2.45) is 0 Å². The zero-order chi connectivity index (χ0) is 11.6. The Kier molecular flexibility index (Phi) is 10.4. The van der Waals surface area contributed by atoms with Crippen molar-refractivity contribution in [1.82, 2.24) is 4.57 Å². The van der Waals surface area contributed by atoms with Crippen LogP contribution in [-0.4, -0.2) is 4.57 Å². The number of rotatable bonds is 9. The first-order valence-corrected chi connectivity index (χ1v) is 7.02. The lowest BCUT2D eigenvalue weighted by molar-refractivity contribution is 0.554. The second-order valence-electron chi connectivity index (χ2n) is 4.71. The van der Waals surface area contributed by atoms with Crippen molar-refractivity contribution >= 4 is 12.4 Å². The molecule has 0 saturated carbocycles. The summed E-state index contributed by atoms with van der Waals surface area (Å²) in [6.07, 6.45) is 13.0. The average Bonchev–Trinajstić information content (AvgIpc) is 2.74. The smallest absolute Gasteiger partial charge is 0.0222 e. The summed E-state index contributed by atoms with van der Waals surface area (Å²) in [6, 6.07) is 4.47. The molecule has 0 amide bonds. The Morgan fingerprint density at radius 2 is 1.65 bits per heavy atom. The molecule has 0 aliphatic rings. The van der Waals surface area contributed by atoms with Gasteiger partial charge in [-0.1, -0.05) is 46.0 Å². The highest BCUT2D eigenvalue weighted by Crippen LogP contribution is 2.10. The van der Waals surface area contributed by atoms with Crippen molar-refractivity contribution in [2.75, 3.05) is 0 Å². The Morgan fingerprint density at radius 1 is 0.941 bits per heavy atom. The van der Waals surface area contributed by atoms with E-state index in [1.165, 1.54) is 63.6 Å². The molecule has 0 saturated heterocycles. The fourth-order valence-corrected chi connectivity index (χ4v) is 2.14. The van der Waals surface area contributed by atoms with Crippen LogP contribution in [0.15, 0.2) is 18.3 Å². The number of hydrogen-bond donors (Lipinski definition) is 0. The van der Waals surface area contributed by atoms with Crippen molar-refractivity contribution in [3.8, 4) is 0 Å². The predicted octanol–water partition coefficient (Wildman–Crippen LogP) is 5.22. The normalized spacial score (nSPS) is 10.2. The van der Waals surface area contributed by atoms with Gasteiger partial charge >= 0.3 is 0 Å². The summed E-state index contributed by atoms with van der Waals surface area (Å²) in [6.45, 7) is 5.75. The maximum Gasteiger partial charge on any atom is 0.0222 e. The van der Waals surface area contributed by atoms with E-state index in [0.29, 0.717) is 0 Å². The van der Waals surface area contributed by atoms with Crippen LogP contribution in [0.3, 0.4) is 0 Å². The largest absolute Gasteiger partial charge is 0.351 e. The number of unbranched alkanes of at least 4 members (excludes halogenated alkanes) is 5. The third-order valence-electron chi connectivity index (χ3n) is 3.21. The van der Waals surface area contributed by atoms with Gasteiger partial charge in [-0.25, -0.2) is 0 Å². The van der Waals surface area contributed by atoms with Gasteiger partial charge < -0.3 is 4.57 Å². The molecule has 0 bridgehead atoms. The zero-order valence-electron chi connectivity index (χ0n) is 11.5. The van der Waals surface area contributed by atoms with Gasteiger partial charge in [0, 0.05) is 18.4 Å². The summed E-state index contributed by atoms with van der Waals surface area (Å²) in [5.74, 6) is 0. The maximum atomic E-state index is 2.45. The summed E-state index contributed by atoms with van der Waals surface area (Å²) in [5.41, 5.74) is 1.53. The first-order chi connectivity index (χ1) is 7.88. The van der Waals surface area contributed by atoms with Crippen molar-refractivity contribution in [3.63, 3.8) is 0 Å². The quantitative estimate of drug-likeness (QED) is 0.535. The molecule has 17 heavy (non-hydrogen) atoms. The molecule has 1 aromatic heterocycles. The Bertz CT molecular complexity index is 268. The molecule has 0 spiro atoms. The summed E-state index contributed by atoms with van der Waals surface area (Å²) in [5, 5.41) is 0. The summed E-state index contributed by atoms with van der Waals surface area (Å²) in [4.78, 5) is 0. The van der Waals surface area contributed by atoms with E-state index in [2.05, 4.69) is 36.7 Å². The highest BCUT2D eigenvalue weighted by molar-refractivity contribution is 5.85. The van der Waals surface area contributed by atoms with Crippen LogP contribution in [0.1, 0.15) is 64.5 Å². The molecule has 0 aliphatic heterocycles. The van der Waals surface area contributed by atoms with Crippen LogP contribution in [0.2, 0.25) is 0 Å². The minimum atomic E-state index is 0. The minimum Gasteiger partial charge on any atom is -0.351 e. The van der Waals surface area contributed by atoms with Gasteiger partial charge in [0.1, 0.15) is 0 Å². The molecule has 100 valence electrons. The number of hydrogen-bond acceptors (Lipinski definition) is 0. The number of aryl methyl sites for hydroxylation is 2. The van der Waals surface area contributed by atoms with Crippen LogP contribution in [-0.2, 0) is 13.0 Å². The van der Waals surface area contributed by atoms with Gasteiger partial charge in [0.2, 0.25) is 0 Å². The van der Waals surface area contributed by atoms with Crippen molar-refractivity contribution in [3.05, 3.63) is 24.0 Å². The van der Waals surface area contributed by atoms with Crippen LogP contribution < -0.4 is 0 Å². The van der Waals surface area contributed by atoms with Gasteiger partial charge in [0.15, 0.2) is 0 Å². The molecule has 0 aliphatic carbocycles. The molecule has 0 aromatic carbocycles. The number of halogens is 1. The first kappa shape index (κ1) is 16.6. The summed E-state index contributed by atoms with van der Waals surface area (Å²) >= 11 is 0. The Morgan fingerprint density at radius 3 is 2.35 bits per heavy atom. The predicted molar refractivity (Wildman–Crippen MR) is 79.1 cm³/mol. The van der Waals surface area contributed by atoms with Gasteiger partial charge in [-0.2, -0.15) is 0 Å². The third-order valence-corrected chi connectivity index (χ3v) is 3.21. The molecule has 1 heterocycles. The highest BCUT2D eigenvalue weighted by atomic mass is 35.5. The minimum absolute atomic E-state index is 0. The van der Waals surface area contributed by atoms with E-state index in [1.807, 2.05) is 0 Å². The Balaban J connectivity index is 0.00000256. The molecule has 1 aromatic rings. The SMILES string of the molecule is CCCCCCCn1cccc1CCCC.Cl. The molecule has 1 rings (SSSR count). The van der Waals surface area contributed by atoms with E-state index in [9.17, 15) is 0 Å². The average molecular weight is 258 g/mol. The van der Waals surface area contributed by atoms with Gasteiger partial charge in [-0.15, -0.1) is 12.4 Å². The second-order valence-corrected chi connectivity index (χ2v) is 4.71. The first-order valence-electron chi connectivity index (χ1n) is 7.02. The monoisotopic (exact) mass is 257 g/mol. The van der Waals surface area contributed by atoms with E-state index in [1.54, 1.807) is 0 Å². The molecule has 0 N–H and O–H groups in total. The van der Waals surface area contributed by atoms with Gasteiger partial charge in [0.25, 0.3) is 0 Å². The fourth-order valence-electron chi connectivity index (χ4n) is 2.14. The molecule has 1 nitrogen and oxygen atoms in total. The number of nitrogens with zero attached hydrogens (tertiary/aromatic N) is 1. The summed E-state index contributed by atoms with van der Waals surface area (Å²) < 4.78 is 2.45. The molecule has 0 radical (unpaired) electrons. The zero-order valence-corrected chi connectivity index (χ0v) is 12.3. The van der Waals surface area contributed by atoms with E-state index in [0.717, 1.165) is 0 Å². The Hall–Kier alpha value is -0.430. The number of aromatic nitrogens is 1. The lowest BCUT2D eigenvalue weighted by Crippen LogP contribution is -2.02. The van der Waals surface area contributed by atoms with E-state index >= 15 is 0 Å². The molecule has 0 fully saturated rings. The van der Waals surface area contributed by atoms with Crippen molar-refractivity contribution in [2.45, 2.75) is 71.8 Å². The van der Waals surface area contributed by atoms with E-state index in [-0.39, 0.29) is 12.4 Å². The van der Waals surface area contributed by atoms with Crippen LogP contribution >= 0.6 is 12.4 Å². The van der Waals surface area contributed by atoms with E-state index in [4.69, 9.17) is 0 Å². The van der Waals surface area contributed by atoms with Crippen LogP contribution in [0, 0.1) is 0 Å². The highest BCUT2D eigenvalue weighted by Gasteiger charge is 1.99. The van der Waals surface area contributed by atoms with Crippen molar-refractivity contribution < 1.29 is 0 Å². The van der Waals surface area contributed by atoms with Crippen LogP contribution in [0.4, 0.5) is 0 Å². The van der Waals surface area contributed by atoms with E-state index < -0.39 is 0 Å². The second kappa shape index (κ2) is 10.7. The van der Waals surface area contributed by atoms with Gasteiger partial charge in [-0.05, 0) is 31.4 Å². The lowest BCUT2D eigenvalue weighted by atomic mass is 10.1. The third kappa shape index (κ3) is 6.78. The molecule has 0 unspecified atom stereocenters. The molecule has 2 heteroatoms. The molecule has 0 atom stereocenters. The molecular weight excluding hydrogens is 230 g/mol. The Labute approximate surface area is 113 Å².